The molecule has 1 aromatic carbocycles. The highest BCUT2D eigenvalue weighted by Crippen LogP contribution is 2.23. The number of carbonyl (C=O) groups excluding carboxylic acids is 1. The van der Waals surface area contributed by atoms with Gasteiger partial charge in [-0.25, -0.2) is 0 Å². The Kier molecular flexibility index (Phi) is 5.83. The quantitative estimate of drug-likeness (QED) is 0.906. The summed E-state index contributed by atoms with van der Waals surface area (Å²) in [5, 5.41) is 3.00. The Labute approximate surface area is 133 Å². The molecule has 3 atom stereocenters. The van der Waals surface area contributed by atoms with Crippen molar-refractivity contribution < 1.29 is 9.53 Å². The van der Waals surface area contributed by atoms with Gasteiger partial charge in [0, 0.05) is 18.8 Å². The van der Waals surface area contributed by atoms with Gasteiger partial charge >= 0.3 is 0 Å². The zero-order valence-electron chi connectivity index (χ0n) is 14.1. The van der Waals surface area contributed by atoms with Crippen LogP contribution in [-0.4, -0.2) is 36.5 Å². The lowest BCUT2D eigenvalue weighted by molar-refractivity contribution is -0.121. The Morgan fingerprint density at radius 2 is 1.86 bits per heavy atom. The van der Waals surface area contributed by atoms with Gasteiger partial charge in [0.1, 0.15) is 5.75 Å². The number of likely N-dealkylation sites (tertiary alicyclic amines) is 1. The molecule has 122 valence electrons. The normalized spacial score (nSPS) is 23.8. The number of rotatable bonds is 5. The lowest BCUT2D eigenvalue weighted by atomic mass is 9.91. The Balaban J connectivity index is 1.93. The second-order valence-corrected chi connectivity index (χ2v) is 6.52. The maximum Gasteiger partial charge on any atom is 0.241 e. The summed E-state index contributed by atoms with van der Waals surface area (Å²) in [7, 11) is 0. The Morgan fingerprint density at radius 1 is 1.27 bits per heavy atom. The van der Waals surface area contributed by atoms with Crippen LogP contribution in [0.1, 0.15) is 34.1 Å². The molecular weight excluding hydrogens is 276 g/mol. The lowest BCUT2D eigenvalue weighted by Gasteiger charge is -2.38. The average Bonchev–Trinajstić information content (AvgIpc) is 2.47. The molecule has 1 aliphatic heterocycles. The molecule has 2 rings (SSSR count). The Hall–Kier alpha value is -1.55. The van der Waals surface area contributed by atoms with Crippen LogP contribution in [0.15, 0.2) is 24.3 Å². The summed E-state index contributed by atoms with van der Waals surface area (Å²) >= 11 is 0. The summed E-state index contributed by atoms with van der Waals surface area (Å²) in [6, 6.07) is 7.44. The summed E-state index contributed by atoms with van der Waals surface area (Å²) in [5.74, 6) is 2.20. The lowest BCUT2D eigenvalue weighted by Crippen LogP contribution is -2.48. The molecule has 0 radical (unpaired) electrons. The van der Waals surface area contributed by atoms with Gasteiger partial charge in [-0.05, 0) is 56.4 Å². The second-order valence-electron chi connectivity index (χ2n) is 6.52. The average molecular weight is 304 g/mol. The molecule has 4 heteroatoms. The van der Waals surface area contributed by atoms with Gasteiger partial charge < -0.3 is 10.1 Å². The van der Waals surface area contributed by atoms with Crippen LogP contribution in [0.25, 0.3) is 0 Å². The predicted molar refractivity (Wildman–Crippen MR) is 90.2 cm³/mol. The van der Waals surface area contributed by atoms with E-state index in [9.17, 15) is 4.79 Å². The number of ether oxygens (including phenoxy) is 1. The van der Waals surface area contributed by atoms with Crippen LogP contribution >= 0.6 is 0 Å². The van der Waals surface area contributed by atoms with Crippen molar-refractivity contribution in [2.75, 3.05) is 25.0 Å². The van der Waals surface area contributed by atoms with Crippen molar-refractivity contribution >= 4 is 11.6 Å². The van der Waals surface area contributed by atoms with Crippen LogP contribution in [0.2, 0.25) is 0 Å². The molecule has 1 aromatic rings. The maximum absolute atomic E-state index is 12.5. The topological polar surface area (TPSA) is 41.6 Å². The number of amides is 1. The third kappa shape index (κ3) is 4.47. The standard InChI is InChI=1S/C18H28N2O2/c1-5-22-17-8-6-16(7-9-17)19-18(21)15(4)20-11-13(2)10-14(3)12-20/h6-9,13-15H,5,10-12H2,1-4H3,(H,19,21)/t13-,14+,15-/m1/s1. The molecule has 1 amide bonds. The van der Waals surface area contributed by atoms with E-state index in [1.54, 1.807) is 0 Å². The molecule has 0 unspecified atom stereocenters. The number of benzene rings is 1. The first-order chi connectivity index (χ1) is 10.5. The molecule has 0 spiro atoms. The highest BCUT2D eigenvalue weighted by Gasteiger charge is 2.28. The van der Waals surface area contributed by atoms with Crippen molar-refractivity contribution in [1.29, 1.82) is 0 Å². The van der Waals surface area contributed by atoms with Gasteiger partial charge in [-0.3, -0.25) is 9.69 Å². The van der Waals surface area contributed by atoms with Crippen LogP contribution in [0.4, 0.5) is 5.69 Å². The van der Waals surface area contributed by atoms with Crippen molar-refractivity contribution in [3.63, 3.8) is 0 Å². The van der Waals surface area contributed by atoms with Gasteiger partial charge in [0.2, 0.25) is 5.91 Å². The SMILES string of the molecule is CCOc1ccc(NC(=O)[C@@H](C)N2C[C@H](C)C[C@H](C)C2)cc1. The molecule has 0 bridgehead atoms. The second kappa shape index (κ2) is 7.63. The van der Waals surface area contributed by atoms with Crippen molar-refractivity contribution in [3.8, 4) is 5.75 Å². The summed E-state index contributed by atoms with van der Waals surface area (Å²) in [5.41, 5.74) is 0.818. The number of piperidine rings is 1. The molecule has 1 aliphatic rings. The fourth-order valence-corrected chi connectivity index (χ4v) is 3.24. The molecule has 0 saturated carbocycles. The van der Waals surface area contributed by atoms with Crippen molar-refractivity contribution in [3.05, 3.63) is 24.3 Å². The zero-order valence-corrected chi connectivity index (χ0v) is 14.1. The van der Waals surface area contributed by atoms with E-state index in [1.165, 1.54) is 6.42 Å². The van der Waals surface area contributed by atoms with Gasteiger partial charge in [0.05, 0.1) is 12.6 Å². The maximum atomic E-state index is 12.5. The fourth-order valence-electron chi connectivity index (χ4n) is 3.24. The molecule has 1 saturated heterocycles. The summed E-state index contributed by atoms with van der Waals surface area (Å²) in [4.78, 5) is 14.7. The molecule has 22 heavy (non-hydrogen) atoms. The van der Waals surface area contributed by atoms with E-state index in [0.717, 1.165) is 24.5 Å². The molecule has 4 nitrogen and oxygen atoms in total. The van der Waals surface area contributed by atoms with E-state index in [0.29, 0.717) is 18.4 Å². The van der Waals surface area contributed by atoms with Crippen molar-refractivity contribution in [2.24, 2.45) is 11.8 Å². The number of anilines is 1. The van der Waals surface area contributed by atoms with Crippen LogP contribution in [0, 0.1) is 11.8 Å². The fraction of sp³-hybridized carbons (Fsp3) is 0.611. The van der Waals surface area contributed by atoms with Crippen LogP contribution in [0.5, 0.6) is 5.75 Å². The first-order valence-corrected chi connectivity index (χ1v) is 8.27. The third-order valence-corrected chi connectivity index (χ3v) is 4.26. The van der Waals surface area contributed by atoms with E-state index in [-0.39, 0.29) is 11.9 Å². The van der Waals surface area contributed by atoms with E-state index in [1.807, 2.05) is 38.1 Å². The predicted octanol–water partition coefficient (Wildman–Crippen LogP) is 3.39. The minimum atomic E-state index is -0.100. The highest BCUT2D eigenvalue weighted by atomic mass is 16.5. The van der Waals surface area contributed by atoms with Gasteiger partial charge in [-0.2, -0.15) is 0 Å². The van der Waals surface area contributed by atoms with Crippen LogP contribution in [-0.2, 0) is 4.79 Å². The molecule has 0 aliphatic carbocycles. The summed E-state index contributed by atoms with van der Waals surface area (Å²) in [6.07, 6.45) is 1.25. The Bertz CT molecular complexity index is 476. The number of hydrogen-bond donors (Lipinski definition) is 1. The molecule has 1 fully saturated rings. The highest BCUT2D eigenvalue weighted by molar-refractivity contribution is 5.94. The summed E-state index contributed by atoms with van der Waals surface area (Å²) < 4.78 is 5.41. The molecule has 1 heterocycles. The van der Waals surface area contributed by atoms with Crippen LogP contribution < -0.4 is 10.1 Å². The van der Waals surface area contributed by atoms with E-state index < -0.39 is 0 Å². The van der Waals surface area contributed by atoms with E-state index in [2.05, 4.69) is 24.1 Å². The zero-order chi connectivity index (χ0) is 16.1. The van der Waals surface area contributed by atoms with Crippen LogP contribution in [0.3, 0.4) is 0 Å². The van der Waals surface area contributed by atoms with Gasteiger partial charge in [0.25, 0.3) is 0 Å². The first-order valence-electron chi connectivity index (χ1n) is 8.27. The number of hydrogen-bond acceptors (Lipinski definition) is 3. The molecule has 1 N–H and O–H groups in total. The van der Waals surface area contributed by atoms with E-state index >= 15 is 0 Å². The minimum Gasteiger partial charge on any atom is -0.494 e. The number of nitrogens with zero attached hydrogens (tertiary/aromatic N) is 1. The van der Waals surface area contributed by atoms with E-state index in [4.69, 9.17) is 4.74 Å². The van der Waals surface area contributed by atoms with Gasteiger partial charge in [-0.1, -0.05) is 13.8 Å². The largest absolute Gasteiger partial charge is 0.494 e. The number of carbonyl (C=O) groups is 1. The van der Waals surface area contributed by atoms with Crippen molar-refractivity contribution in [1.82, 2.24) is 4.90 Å². The number of nitrogens with one attached hydrogen (secondary N) is 1. The van der Waals surface area contributed by atoms with Gasteiger partial charge in [-0.15, -0.1) is 0 Å². The Morgan fingerprint density at radius 3 is 2.41 bits per heavy atom. The van der Waals surface area contributed by atoms with Crippen molar-refractivity contribution in [2.45, 2.75) is 40.2 Å². The van der Waals surface area contributed by atoms with Gasteiger partial charge in [0.15, 0.2) is 0 Å². The first kappa shape index (κ1) is 16.8. The monoisotopic (exact) mass is 304 g/mol. The summed E-state index contributed by atoms with van der Waals surface area (Å²) in [6.45, 7) is 11.1. The third-order valence-electron chi connectivity index (χ3n) is 4.26. The molecular formula is C18H28N2O2. The molecule has 0 aromatic heterocycles. The smallest absolute Gasteiger partial charge is 0.241 e. The minimum absolute atomic E-state index is 0.0606.